The minimum Gasteiger partial charge on any atom is -0.496 e. The molecule has 1 unspecified atom stereocenters. The fourth-order valence-electron chi connectivity index (χ4n) is 3.71. The van der Waals surface area contributed by atoms with Gasteiger partial charge >= 0.3 is 0 Å². The molecule has 0 amide bonds. The maximum atomic E-state index is 6.31. The third-order valence-electron chi connectivity index (χ3n) is 4.70. The van der Waals surface area contributed by atoms with E-state index >= 15 is 0 Å². The number of nitrogens with one attached hydrogen (secondary N) is 2. The lowest BCUT2D eigenvalue weighted by Crippen LogP contribution is -2.30. The van der Waals surface area contributed by atoms with Crippen molar-refractivity contribution in [1.29, 1.82) is 0 Å². The van der Waals surface area contributed by atoms with E-state index in [2.05, 4.69) is 10.3 Å². The van der Waals surface area contributed by atoms with E-state index in [-0.39, 0.29) is 6.04 Å². The van der Waals surface area contributed by atoms with E-state index in [9.17, 15) is 0 Å². The first-order chi connectivity index (χ1) is 11.6. The number of aromatic amines is 1. The quantitative estimate of drug-likeness (QED) is 0.672. The molecule has 3 aromatic rings. The molecule has 2 aromatic carbocycles. The van der Waals surface area contributed by atoms with Crippen LogP contribution in [0.25, 0.3) is 10.9 Å². The van der Waals surface area contributed by atoms with Crippen LogP contribution in [0.15, 0.2) is 30.3 Å². The topological polar surface area (TPSA) is 37.0 Å². The lowest BCUT2D eigenvalue weighted by molar-refractivity contribution is 0.399. The summed E-state index contributed by atoms with van der Waals surface area (Å²) in [5.74, 6) is 0.876. The van der Waals surface area contributed by atoms with Crippen molar-refractivity contribution >= 4 is 34.1 Å². The highest BCUT2D eigenvalue weighted by Crippen LogP contribution is 2.39. The largest absolute Gasteiger partial charge is 0.496 e. The summed E-state index contributed by atoms with van der Waals surface area (Å²) < 4.78 is 5.66. The number of methoxy groups -OCH3 is 1. The Morgan fingerprint density at radius 2 is 1.96 bits per heavy atom. The van der Waals surface area contributed by atoms with Crippen LogP contribution < -0.4 is 10.1 Å². The molecule has 1 aliphatic heterocycles. The third-order valence-corrected chi connectivity index (χ3v) is 5.15. The van der Waals surface area contributed by atoms with E-state index in [0.29, 0.717) is 0 Å². The molecule has 2 N–H and O–H groups in total. The van der Waals surface area contributed by atoms with Gasteiger partial charge in [0.15, 0.2) is 0 Å². The molecule has 0 radical (unpaired) electrons. The SMILES string of the molecule is COc1c(C)cc(Cl)cc1C1NCCc2c1[nH]c1ccc(Cl)cc21. The molecule has 0 aliphatic carbocycles. The molecule has 4 rings (SSSR count). The summed E-state index contributed by atoms with van der Waals surface area (Å²) in [6.45, 7) is 2.91. The Morgan fingerprint density at radius 1 is 1.12 bits per heavy atom. The number of ether oxygens (including phenoxy) is 1. The first-order valence-electron chi connectivity index (χ1n) is 7.96. The van der Waals surface area contributed by atoms with Crippen molar-refractivity contribution < 1.29 is 4.74 Å². The molecule has 0 saturated heterocycles. The predicted molar refractivity (Wildman–Crippen MR) is 99.6 cm³/mol. The second-order valence-corrected chi connectivity index (χ2v) is 7.06. The number of aryl methyl sites for hydroxylation is 1. The van der Waals surface area contributed by atoms with Crippen LogP contribution in [-0.2, 0) is 6.42 Å². The maximum Gasteiger partial charge on any atom is 0.127 e. The van der Waals surface area contributed by atoms with E-state index in [1.807, 2.05) is 37.3 Å². The van der Waals surface area contributed by atoms with Gasteiger partial charge in [0.1, 0.15) is 5.75 Å². The zero-order chi connectivity index (χ0) is 16.8. The van der Waals surface area contributed by atoms with Crippen LogP contribution in [0.2, 0.25) is 10.0 Å². The summed E-state index contributed by atoms with van der Waals surface area (Å²) in [7, 11) is 1.70. The van der Waals surface area contributed by atoms with Crippen molar-refractivity contribution in [3.05, 3.63) is 62.8 Å². The van der Waals surface area contributed by atoms with Gasteiger partial charge in [-0.2, -0.15) is 0 Å². The number of rotatable bonds is 2. The summed E-state index contributed by atoms with van der Waals surface area (Å²) in [5, 5.41) is 6.27. The van der Waals surface area contributed by atoms with Gasteiger partial charge in [0.05, 0.1) is 13.2 Å². The Kier molecular flexibility index (Phi) is 3.95. The van der Waals surface area contributed by atoms with Gasteiger partial charge in [-0.3, -0.25) is 0 Å². The minimum atomic E-state index is 0.0206. The van der Waals surface area contributed by atoms with E-state index in [4.69, 9.17) is 27.9 Å². The summed E-state index contributed by atoms with van der Waals surface area (Å²) in [5.41, 5.74) is 5.68. The van der Waals surface area contributed by atoms with E-state index < -0.39 is 0 Å². The van der Waals surface area contributed by atoms with Crippen LogP contribution in [0.1, 0.15) is 28.4 Å². The average molecular weight is 361 g/mol. The smallest absolute Gasteiger partial charge is 0.127 e. The molecule has 24 heavy (non-hydrogen) atoms. The first kappa shape index (κ1) is 15.8. The molecule has 1 aliphatic rings. The van der Waals surface area contributed by atoms with Gasteiger partial charge in [-0.05, 0) is 54.8 Å². The number of hydrogen-bond donors (Lipinski definition) is 2. The second-order valence-electron chi connectivity index (χ2n) is 6.19. The highest BCUT2D eigenvalue weighted by Gasteiger charge is 2.28. The Hall–Kier alpha value is -1.68. The Morgan fingerprint density at radius 3 is 2.75 bits per heavy atom. The molecular formula is C19H18Cl2N2O. The van der Waals surface area contributed by atoms with Crippen LogP contribution in [0.4, 0.5) is 0 Å². The lowest BCUT2D eigenvalue weighted by atomic mass is 9.93. The zero-order valence-corrected chi connectivity index (χ0v) is 15.1. The van der Waals surface area contributed by atoms with Gasteiger partial charge in [-0.25, -0.2) is 0 Å². The van der Waals surface area contributed by atoms with E-state index in [0.717, 1.165) is 45.4 Å². The molecular weight excluding hydrogens is 343 g/mol. The number of aromatic nitrogens is 1. The van der Waals surface area contributed by atoms with Gasteiger partial charge in [-0.1, -0.05) is 23.2 Å². The van der Waals surface area contributed by atoms with Gasteiger partial charge in [0, 0.05) is 38.8 Å². The monoisotopic (exact) mass is 360 g/mol. The third kappa shape index (κ3) is 2.48. The molecule has 1 aromatic heterocycles. The molecule has 1 atom stereocenters. The lowest BCUT2D eigenvalue weighted by Gasteiger charge is -2.27. The average Bonchev–Trinajstić information content (AvgIpc) is 2.92. The molecule has 5 heteroatoms. The normalized spacial score (nSPS) is 17.1. The highest BCUT2D eigenvalue weighted by atomic mass is 35.5. The molecule has 2 heterocycles. The fraction of sp³-hybridized carbons (Fsp3) is 0.263. The van der Waals surface area contributed by atoms with Crippen LogP contribution in [0.5, 0.6) is 5.75 Å². The summed E-state index contributed by atoms with van der Waals surface area (Å²) in [6, 6.07) is 9.92. The summed E-state index contributed by atoms with van der Waals surface area (Å²) >= 11 is 12.5. The van der Waals surface area contributed by atoms with Crippen molar-refractivity contribution in [1.82, 2.24) is 10.3 Å². The maximum absolute atomic E-state index is 6.31. The number of halogens is 2. The van der Waals surface area contributed by atoms with Crippen molar-refractivity contribution in [3.8, 4) is 5.75 Å². The van der Waals surface area contributed by atoms with Crippen LogP contribution in [0.3, 0.4) is 0 Å². The van der Waals surface area contributed by atoms with Crippen molar-refractivity contribution in [3.63, 3.8) is 0 Å². The Labute approximate surface area is 150 Å². The molecule has 0 bridgehead atoms. The number of H-pyrrole nitrogens is 1. The number of fused-ring (bicyclic) bond motifs is 3. The standard InChI is InChI=1S/C19H18Cl2N2O/c1-10-7-12(21)9-15(19(10)24-2)17-18-13(5-6-22-17)14-8-11(20)3-4-16(14)23-18/h3-4,7-9,17,22-23H,5-6H2,1-2H3. The molecule has 0 saturated carbocycles. The Balaban J connectivity index is 1.93. The summed E-state index contributed by atoms with van der Waals surface area (Å²) in [4.78, 5) is 3.56. The van der Waals surface area contributed by atoms with E-state index in [1.165, 1.54) is 16.6 Å². The van der Waals surface area contributed by atoms with Crippen LogP contribution >= 0.6 is 23.2 Å². The van der Waals surface area contributed by atoms with E-state index in [1.54, 1.807) is 7.11 Å². The molecule has 124 valence electrons. The fourth-order valence-corrected chi connectivity index (χ4v) is 4.17. The summed E-state index contributed by atoms with van der Waals surface area (Å²) in [6.07, 6.45) is 0.966. The minimum absolute atomic E-state index is 0.0206. The molecule has 3 nitrogen and oxygen atoms in total. The van der Waals surface area contributed by atoms with Crippen LogP contribution in [-0.4, -0.2) is 18.6 Å². The second kappa shape index (κ2) is 5.99. The van der Waals surface area contributed by atoms with Crippen molar-refractivity contribution in [2.24, 2.45) is 0 Å². The van der Waals surface area contributed by atoms with Crippen LogP contribution in [0, 0.1) is 6.92 Å². The zero-order valence-electron chi connectivity index (χ0n) is 13.5. The molecule has 0 spiro atoms. The molecule has 0 fully saturated rings. The number of benzene rings is 2. The van der Waals surface area contributed by atoms with Gasteiger partial charge in [-0.15, -0.1) is 0 Å². The van der Waals surface area contributed by atoms with Crippen molar-refractivity contribution in [2.45, 2.75) is 19.4 Å². The van der Waals surface area contributed by atoms with Gasteiger partial charge < -0.3 is 15.0 Å². The van der Waals surface area contributed by atoms with Gasteiger partial charge in [0.2, 0.25) is 0 Å². The van der Waals surface area contributed by atoms with Gasteiger partial charge in [0.25, 0.3) is 0 Å². The highest BCUT2D eigenvalue weighted by molar-refractivity contribution is 6.31. The van der Waals surface area contributed by atoms with Crippen molar-refractivity contribution in [2.75, 3.05) is 13.7 Å². The number of hydrogen-bond acceptors (Lipinski definition) is 2. The predicted octanol–water partition coefficient (Wildman–Crippen LogP) is 5.03. The first-order valence-corrected chi connectivity index (χ1v) is 8.71. The Bertz CT molecular complexity index is 933.